The van der Waals surface area contributed by atoms with E-state index >= 15 is 0 Å². The van der Waals surface area contributed by atoms with Gasteiger partial charge in [0.1, 0.15) is 16.4 Å². The molecule has 7 heteroatoms. The molecule has 0 saturated heterocycles. The second-order valence-corrected chi connectivity index (χ2v) is 7.41. The van der Waals surface area contributed by atoms with Crippen LogP contribution < -0.4 is 5.56 Å². The van der Waals surface area contributed by atoms with E-state index in [0.717, 1.165) is 10.6 Å². The van der Waals surface area contributed by atoms with Crippen molar-refractivity contribution in [3.63, 3.8) is 0 Å². The van der Waals surface area contributed by atoms with Gasteiger partial charge in [0.15, 0.2) is 0 Å². The van der Waals surface area contributed by atoms with Crippen LogP contribution in [0.25, 0.3) is 21.5 Å². The number of hydrogen-bond acceptors (Lipinski definition) is 6. The number of nitrogens with zero attached hydrogens (tertiary/aromatic N) is 2. The van der Waals surface area contributed by atoms with Crippen molar-refractivity contribution in [2.75, 3.05) is 0 Å². The number of H-pyrrole nitrogens is 1. The summed E-state index contributed by atoms with van der Waals surface area (Å²) in [5.41, 5.74) is 0.640. The molecule has 0 bridgehead atoms. The molecule has 0 amide bonds. The topological polar surface area (TPSA) is 71.8 Å². The average Bonchev–Trinajstić information content (AvgIpc) is 3.24. The summed E-state index contributed by atoms with van der Waals surface area (Å²) < 4.78 is 5.41. The third-order valence-corrected chi connectivity index (χ3v) is 5.50. The summed E-state index contributed by atoms with van der Waals surface area (Å²) in [6.07, 6.45) is 3.35. The number of hydrogen-bond donors (Lipinski definition) is 1. The molecule has 0 saturated carbocycles. The van der Waals surface area contributed by atoms with Gasteiger partial charge in [0.2, 0.25) is 0 Å². The molecule has 0 fully saturated rings. The number of pyridine rings is 1. The molecule has 1 N–H and O–H groups in total. The van der Waals surface area contributed by atoms with Crippen LogP contribution in [0.2, 0.25) is 0 Å². The molecule has 4 aromatic heterocycles. The molecule has 4 aromatic rings. The maximum absolute atomic E-state index is 12.6. The maximum atomic E-state index is 12.6. The standard InChI is InChI=1S/C17H13N3O2S2/c1-10(24-13-6-2-3-7-18-13)15-19-16(21)14-11(9-23-17(14)20-15)12-5-4-8-22-12/h2-10H,1H3,(H,19,20,21)/t10-/m1/s1. The summed E-state index contributed by atoms with van der Waals surface area (Å²) in [5, 5.41) is 3.38. The molecule has 0 aliphatic carbocycles. The van der Waals surface area contributed by atoms with E-state index < -0.39 is 0 Å². The SMILES string of the molecule is C[C@@H](Sc1ccccn1)c1nc2scc(-c3ccco3)c2c(=O)[nH]1. The Labute approximate surface area is 145 Å². The molecule has 0 spiro atoms. The molecule has 120 valence electrons. The van der Waals surface area contributed by atoms with Crippen molar-refractivity contribution in [1.29, 1.82) is 0 Å². The summed E-state index contributed by atoms with van der Waals surface area (Å²) in [5.74, 6) is 1.33. The minimum Gasteiger partial charge on any atom is -0.464 e. The number of rotatable bonds is 4. The summed E-state index contributed by atoms with van der Waals surface area (Å²) in [6.45, 7) is 2.00. The minimum absolute atomic E-state index is 0.00818. The number of thiophene rings is 1. The van der Waals surface area contributed by atoms with Crippen molar-refractivity contribution >= 4 is 33.3 Å². The second kappa shape index (κ2) is 6.26. The van der Waals surface area contributed by atoms with Gasteiger partial charge in [-0.25, -0.2) is 9.97 Å². The Bertz CT molecular complexity index is 1020. The van der Waals surface area contributed by atoms with Gasteiger partial charge in [0.25, 0.3) is 5.56 Å². The van der Waals surface area contributed by atoms with E-state index in [-0.39, 0.29) is 10.8 Å². The number of nitrogens with one attached hydrogen (secondary N) is 1. The van der Waals surface area contributed by atoms with E-state index in [1.807, 2.05) is 36.6 Å². The van der Waals surface area contributed by atoms with Crippen molar-refractivity contribution in [2.24, 2.45) is 0 Å². The molecule has 24 heavy (non-hydrogen) atoms. The highest BCUT2D eigenvalue weighted by Crippen LogP contribution is 2.34. The molecule has 0 aromatic carbocycles. The first-order valence-corrected chi connectivity index (χ1v) is 9.11. The van der Waals surface area contributed by atoms with E-state index in [1.165, 1.54) is 11.3 Å². The Morgan fingerprint density at radius 1 is 1.29 bits per heavy atom. The van der Waals surface area contributed by atoms with Crippen LogP contribution in [0.4, 0.5) is 0 Å². The number of thioether (sulfide) groups is 1. The van der Waals surface area contributed by atoms with E-state index in [9.17, 15) is 4.79 Å². The highest BCUT2D eigenvalue weighted by atomic mass is 32.2. The third kappa shape index (κ3) is 2.76. The first-order valence-electron chi connectivity index (χ1n) is 7.35. The average molecular weight is 355 g/mol. The number of fused-ring (bicyclic) bond motifs is 1. The lowest BCUT2D eigenvalue weighted by molar-refractivity contribution is 0.583. The molecular formula is C17H13N3O2S2. The lowest BCUT2D eigenvalue weighted by atomic mass is 10.2. The zero-order chi connectivity index (χ0) is 16.5. The van der Waals surface area contributed by atoms with Crippen molar-refractivity contribution in [3.05, 3.63) is 64.4 Å². The first kappa shape index (κ1) is 15.2. The predicted molar refractivity (Wildman–Crippen MR) is 96.5 cm³/mol. The quantitative estimate of drug-likeness (QED) is 0.546. The van der Waals surface area contributed by atoms with Crippen LogP contribution in [0.3, 0.4) is 0 Å². The summed E-state index contributed by atoms with van der Waals surface area (Å²) in [4.78, 5) is 25.1. The Morgan fingerprint density at radius 2 is 2.21 bits per heavy atom. The van der Waals surface area contributed by atoms with Crippen molar-refractivity contribution in [1.82, 2.24) is 15.0 Å². The number of furan rings is 1. The molecular weight excluding hydrogens is 342 g/mol. The second-order valence-electron chi connectivity index (χ2n) is 5.19. The van der Waals surface area contributed by atoms with Crippen LogP contribution in [-0.4, -0.2) is 15.0 Å². The third-order valence-electron chi connectivity index (χ3n) is 3.57. The van der Waals surface area contributed by atoms with Crippen molar-refractivity contribution in [2.45, 2.75) is 17.2 Å². The molecule has 0 aliphatic heterocycles. The summed E-state index contributed by atoms with van der Waals surface area (Å²) >= 11 is 3.01. The fraction of sp³-hybridized carbons (Fsp3) is 0.118. The molecule has 0 aliphatic rings. The molecule has 0 unspecified atom stereocenters. The Morgan fingerprint density at radius 3 is 2.96 bits per heavy atom. The van der Waals surface area contributed by atoms with E-state index in [0.29, 0.717) is 21.8 Å². The molecule has 4 rings (SSSR count). The maximum Gasteiger partial charge on any atom is 0.260 e. The van der Waals surface area contributed by atoms with Gasteiger partial charge in [0, 0.05) is 17.1 Å². The summed E-state index contributed by atoms with van der Waals surface area (Å²) in [7, 11) is 0. The van der Waals surface area contributed by atoms with Crippen LogP contribution in [0.15, 0.2) is 62.4 Å². The van der Waals surface area contributed by atoms with Crippen LogP contribution in [-0.2, 0) is 0 Å². The molecule has 0 radical (unpaired) electrons. The first-order chi connectivity index (χ1) is 11.7. The normalized spacial score (nSPS) is 12.5. The van der Waals surface area contributed by atoms with Crippen LogP contribution in [0.1, 0.15) is 18.0 Å². The van der Waals surface area contributed by atoms with Crippen LogP contribution in [0, 0.1) is 0 Å². The highest BCUT2D eigenvalue weighted by molar-refractivity contribution is 7.99. The van der Waals surface area contributed by atoms with Crippen LogP contribution in [0.5, 0.6) is 0 Å². The lowest BCUT2D eigenvalue weighted by Crippen LogP contribution is -2.12. The minimum atomic E-state index is -0.142. The Kier molecular flexibility index (Phi) is 3.95. The molecule has 5 nitrogen and oxygen atoms in total. The van der Waals surface area contributed by atoms with Gasteiger partial charge in [-0.15, -0.1) is 11.3 Å². The number of aromatic amines is 1. The fourth-order valence-electron chi connectivity index (χ4n) is 2.43. The largest absolute Gasteiger partial charge is 0.464 e. The number of aromatic nitrogens is 3. The monoisotopic (exact) mass is 355 g/mol. The molecule has 1 atom stereocenters. The van der Waals surface area contributed by atoms with Crippen molar-refractivity contribution < 1.29 is 4.42 Å². The van der Waals surface area contributed by atoms with Gasteiger partial charge < -0.3 is 9.40 Å². The highest BCUT2D eigenvalue weighted by Gasteiger charge is 2.17. The van der Waals surface area contributed by atoms with Gasteiger partial charge in [-0.1, -0.05) is 17.8 Å². The lowest BCUT2D eigenvalue weighted by Gasteiger charge is -2.09. The zero-order valence-electron chi connectivity index (χ0n) is 12.7. The smallest absolute Gasteiger partial charge is 0.260 e. The van der Waals surface area contributed by atoms with E-state index in [2.05, 4.69) is 15.0 Å². The predicted octanol–water partition coefficient (Wildman–Crippen LogP) is 4.49. The van der Waals surface area contributed by atoms with Gasteiger partial charge >= 0.3 is 0 Å². The van der Waals surface area contributed by atoms with Gasteiger partial charge in [0.05, 0.1) is 21.9 Å². The van der Waals surface area contributed by atoms with Gasteiger partial charge in [-0.2, -0.15) is 0 Å². The zero-order valence-corrected chi connectivity index (χ0v) is 14.4. The molecule has 4 heterocycles. The Hall–Kier alpha value is -2.38. The van der Waals surface area contributed by atoms with Gasteiger partial charge in [-0.05, 0) is 31.2 Å². The van der Waals surface area contributed by atoms with Crippen molar-refractivity contribution in [3.8, 4) is 11.3 Å². The van der Waals surface area contributed by atoms with E-state index in [1.54, 1.807) is 30.3 Å². The fourth-order valence-corrected chi connectivity index (χ4v) is 4.22. The van der Waals surface area contributed by atoms with Crippen LogP contribution >= 0.6 is 23.1 Å². The van der Waals surface area contributed by atoms with E-state index in [4.69, 9.17) is 4.42 Å². The van der Waals surface area contributed by atoms with Gasteiger partial charge in [-0.3, -0.25) is 4.79 Å². The summed E-state index contributed by atoms with van der Waals surface area (Å²) in [6, 6.07) is 9.41. The Balaban J connectivity index is 1.72.